The summed E-state index contributed by atoms with van der Waals surface area (Å²) in [6.45, 7) is 4.10. The lowest BCUT2D eigenvalue weighted by atomic mass is 9.96. The summed E-state index contributed by atoms with van der Waals surface area (Å²) in [5.41, 5.74) is 0. The van der Waals surface area contributed by atoms with E-state index in [0.29, 0.717) is 12.5 Å². The van der Waals surface area contributed by atoms with Crippen LogP contribution in [0.2, 0.25) is 0 Å². The number of carbonyl (C=O) groups excluding carboxylic acids is 1. The van der Waals surface area contributed by atoms with Crippen molar-refractivity contribution < 1.29 is 17.6 Å². The molecule has 0 bridgehead atoms. The molecule has 0 radical (unpaired) electrons. The van der Waals surface area contributed by atoms with E-state index in [1.165, 1.54) is 19.1 Å². The zero-order valence-corrected chi connectivity index (χ0v) is 14.7. The van der Waals surface area contributed by atoms with Gasteiger partial charge in [-0.1, -0.05) is 0 Å². The predicted molar refractivity (Wildman–Crippen MR) is 90.9 cm³/mol. The number of hydrogen-bond donors (Lipinski definition) is 2. The van der Waals surface area contributed by atoms with Gasteiger partial charge in [-0.15, -0.1) is 0 Å². The SMILES string of the molecule is CC(CC(=O)NCCC1CCCNC1)S(=O)(=O)c1ccc(F)cc1. The molecule has 1 heterocycles. The van der Waals surface area contributed by atoms with Crippen LogP contribution in [0.1, 0.15) is 32.6 Å². The van der Waals surface area contributed by atoms with Crippen LogP contribution in [0.5, 0.6) is 0 Å². The van der Waals surface area contributed by atoms with Crippen LogP contribution in [0.4, 0.5) is 4.39 Å². The first-order valence-corrected chi connectivity index (χ1v) is 9.91. The maximum absolute atomic E-state index is 12.9. The van der Waals surface area contributed by atoms with Crippen molar-refractivity contribution in [3.63, 3.8) is 0 Å². The summed E-state index contributed by atoms with van der Waals surface area (Å²) in [6.07, 6.45) is 3.13. The summed E-state index contributed by atoms with van der Waals surface area (Å²) < 4.78 is 37.7. The summed E-state index contributed by atoms with van der Waals surface area (Å²) in [5.74, 6) is -0.187. The van der Waals surface area contributed by atoms with Gasteiger partial charge in [-0.25, -0.2) is 12.8 Å². The predicted octanol–water partition coefficient (Wildman–Crippen LogP) is 1.88. The first-order chi connectivity index (χ1) is 11.4. The van der Waals surface area contributed by atoms with Crippen molar-refractivity contribution in [1.29, 1.82) is 0 Å². The van der Waals surface area contributed by atoms with Gasteiger partial charge in [0.05, 0.1) is 10.1 Å². The van der Waals surface area contributed by atoms with Crippen LogP contribution >= 0.6 is 0 Å². The summed E-state index contributed by atoms with van der Waals surface area (Å²) in [7, 11) is -3.63. The number of halogens is 1. The summed E-state index contributed by atoms with van der Waals surface area (Å²) in [4.78, 5) is 12.0. The van der Waals surface area contributed by atoms with Gasteiger partial charge in [0.1, 0.15) is 5.82 Å². The zero-order valence-electron chi connectivity index (χ0n) is 13.9. The first-order valence-electron chi connectivity index (χ1n) is 8.36. The van der Waals surface area contributed by atoms with E-state index in [0.717, 1.165) is 44.5 Å². The lowest BCUT2D eigenvalue weighted by Gasteiger charge is -2.22. The van der Waals surface area contributed by atoms with Crippen molar-refractivity contribution in [1.82, 2.24) is 10.6 Å². The van der Waals surface area contributed by atoms with E-state index in [2.05, 4.69) is 10.6 Å². The first kappa shape index (κ1) is 18.9. The number of benzene rings is 1. The molecular formula is C17H25FN2O3S. The van der Waals surface area contributed by atoms with Crippen LogP contribution in [-0.4, -0.2) is 39.2 Å². The average Bonchev–Trinajstić information content (AvgIpc) is 2.56. The van der Waals surface area contributed by atoms with E-state index in [1.807, 2.05) is 0 Å². The van der Waals surface area contributed by atoms with E-state index >= 15 is 0 Å². The third-order valence-electron chi connectivity index (χ3n) is 4.42. The van der Waals surface area contributed by atoms with Crippen LogP contribution in [0, 0.1) is 11.7 Å². The Kier molecular flexibility index (Phi) is 6.74. The minimum Gasteiger partial charge on any atom is -0.356 e. The number of sulfone groups is 1. The molecule has 2 rings (SSSR count). The number of carbonyl (C=O) groups is 1. The number of nitrogens with one attached hydrogen (secondary N) is 2. The molecule has 1 aromatic carbocycles. The Hall–Kier alpha value is -1.47. The molecule has 5 nitrogen and oxygen atoms in total. The summed E-state index contributed by atoms with van der Waals surface area (Å²) in [6, 6.07) is 4.68. The van der Waals surface area contributed by atoms with Gasteiger partial charge in [0.2, 0.25) is 5.91 Å². The van der Waals surface area contributed by atoms with Gasteiger partial charge < -0.3 is 10.6 Å². The normalized spacial score (nSPS) is 19.7. The minimum absolute atomic E-state index is 0.0393. The van der Waals surface area contributed by atoms with Crippen molar-refractivity contribution in [3.05, 3.63) is 30.1 Å². The maximum atomic E-state index is 12.9. The molecular weight excluding hydrogens is 331 g/mol. The molecule has 1 amide bonds. The molecule has 1 aliphatic rings. The second-order valence-electron chi connectivity index (χ2n) is 6.36. The van der Waals surface area contributed by atoms with E-state index < -0.39 is 20.9 Å². The van der Waals surface area contributed by atoms with Crippen LogP contribution < -0.4 is 10.6 Å². The number of hydrogen-bond acceptors (Lipinski definition) is 4. The molecule has 2 N–H and O–H groups in total. The zero-order chi connectivity index (χ0) is 17.6. The Balaban J connectivity index is 1.80. The van der Waals surface area contributed by atoms with E-state index in [4.69, 9.17) is 0 Å². The Morgan fingerprint density at radius 1 is 1.38 bits per heavy atom. The van der Waals surface area contributed by atoms with Gasteiger partial charge >= 0.3 is 0 Å². The lowest BCUT2D eigenvalue weighted by molar-refractivity contribution is -0.121. The highest BCUT2D eigenvalue weighted by atomic mass is 32.2. The Morgan fingerprint density at radius 3 is 2.71 bits per heavy atom. The molecule has 2 atom stereocenters. The lowest BCUT2D eigenvalue weighted by Crippen LogP contribution is -2.34. The van der Waals surface area contributed by atoms with Gasteiger partial charge in [0.25, 0.3) is 0 Å². The van der Waals surface area contributed by atoms with Crippen LogP contribution in [-0.2, 0) is 14.6 Å². The van der Waals surface area contributed by atoms with Crippen LogP contribution in [0.15, 0.2) is 29.2 Å². The standard InChI is InChI=1S/C17H25FN2O3S/c1-13(24(22,23)16-6-4-15(18)5-7-16)11-17(21)20-10-8-14-3-2-9-19-12-14/h4-7,13-14,19H,2-3,8-12H2,1H3,(H,20,21). The molecule has 1 aliphatic heterocycles. The highest BCUT2D eigenvalue weighted by molar-refractivity contribution is 7.92. The van der Waals surface area contributed by atoms with Gasteiger partial charge in [-0.2, -0.15) is 0 Å². The second-order valence-corrected chi connectivity index (χ2v) is 8.73. The van der Waals surface area contributed by atoms with Crippen molar-refractivity contribution in [2.45, 2.75) is 42.8 Å². The van der Waals surface area contributed by atoms with Gasteiger partial charge in [0, 0.05) is 13.0 Å². The van der Waals surface area contributed by atoms with E-state index in [-0.39, 0.29) is 17.2 Å². The highest BCUT2D eigenvalue weighted by Gasteiger charge is 2.25. The summed E-state index contributed by atoms with van der Waals surface area (Å²) in [5, 5.41) is 5.28. The number of piperidine rings is 1. The molecule has 0 aliphatic carbocycles. The topological polar surface area (TPSA) is 75.3 Å². The fraction of sp³-hybridized carbons (Fsp3) is 0.588. The smallest absolute Gasteiger partial charge is 0.221 e. The van der Waals surface area contributed by atoms with Gasteiger partial charge in [-0.05, 0) is 69.5 Å². The third-order valence-corrected chi connectivity index (χ3v) is 6.57. The summed E-state index contributed by atoms with van der Waals surface area (Å²) >= 11 is 0. The van der Waals surface area contributed by atoms with E-state index in [1.54, 1.807) is 0 Å². The third kappa shape index (κ3) is 5.27. The number of amides is 1. The molecule has 1 saturated heterocycles. The minimum atomic E-state index is -3.63. The average molecular weight is 356 g/mol. The quantitative estimate of drug-likeness (QED) is 0.732. The molecule has 0 aromatic heterocycles. The molecule has 24 heavy (non-hydrogen) atoms. The van der Waals surface area contributed by atoms with Crippen molar-refractivity contribution in [2.75, 3.05) is 19.6 Å². The van der Waals surface area contributed by atoms with Crippen LogP contribution in [0.3, 0.4) is 0 Å². The van der Waals surface area contributed by atoms with E-state index in [9.17, 15) is 17.6 Å². The van der Waals surface area contributed by atoms with Crippen molar-refractivity contribution in [2.24, 2.45) is 5.92 Å². The fourth-order valence-electron chi connectivity index (χ4n) is 2.89. The molecule has 1 aromatic rings. The van der Waals surface area contributed by atoms with Crippen molar-refractivity contribution in [3.8, 4) is 0 Å². The van der Waals surface area contributed by atoms with Crippen molar-refractivity contribution >= 4 is 15.7 Å². The van der Waals surface area contributed by atoms with Gasteiger partial charge in [0.15, 0.2) is 9.84 Å². The molecule has 7 heteroatoms. The number of rotatable bonds is 7. The highest BCUT2D eigenvalue weighted by Crippen LogP contribution is 2.19. The Labute approximate surface area is 142 Å². The molecule has 2 unspecified atom stereocenters. The molecule has 134 valence electrons. The largest absolute Gasteiger partial charge is 0.356 e. The Bertz CT molecular complexity index is 640. The Morgan fingerprint density at radius 2 is 2.08 bits per heavy atom. The molecule has 0 spiro atoms. The van der Waals surface area contributed by atoms with Gasteiger partial charge in [-0.3, -0.25) is 4.79 Å². The maximum Gasteiger partial charge on any atom is 0.221 e. The van der Waals surface area contributed by atoms with Crippen LogP contribution in [0.25, 0.3) is 0 Å². The molecule has 0 saturated carbocycles. The molecule has 1 fully saturated rings. The second kappa shape index (κ2) is 8.58. The monoisotopic (exact) mass is 356 g/mol. The fourth-order valence-corrected chi connectivity index (χ4v) is 4.24.